The van der Waals surface area contributed by atoms with Crippen LogP contribution in [-0.4, -0.2) is 34.1 Å². The molecular formula is C25H27ClN2O5S. The fourth-order valence-electron chi connectivity index (χ4n) is 3.37. The lowest BCUT2D eigenvalue weighted by atomic mass is 10.1. The molecule has 0 fully saturated rings. The minimum absolute atomic E-state index is 0.0588. The van der Waals surface area contributed by atoms with Crippen LogP contribution in [-0.2, 0) is 27.8 Å². The molecular weight excluding hydrogens is 476 g/mol. The number of benzene rings is 3. The molecule has 0 aliphatic rings. The van der Waals surface area contributed by atoms with Gasteiger partial charge in [-0.2, -0.15) is 4.72 Å². The van der Waals surface area contributed by atoms with Crippen molar-refractivity contribution in [2.24, 2.45) is 0 Å². The summed E-state index contributed by atoms with van der Waals surface area (Å²) in [5.41, 5.74) is 1.59. The average Bonchev–Trinajstić information content (AvgIpc) is 2.84. The topological polar surface area (TPSA) is 93.7 Å². The van der Waals surface area contributed by atoms with Crippen LogP contribution in [0.5, 0.6) is 11.5 Å². The normalized spacial score (nSPS) is 12.1. The van der Waals surface area contributed by atoms with Crippen LogP contribution >= 0.6 is 11.6 Å². The minimum atomic E-state index is -4.05. The second kappa shape index (κ2) is 11.9. The molecule has 0 heterocycles. The van der Waals surface area contributed by atoms with Crippen LogP contribution in [0.3, 0.4) is 0 Å². The number of carbonyl (C=O) groups is 1. The number of methoxy groups -OCH3 is 1. The molecule has 3 aromatic rings. The zero-order chi connectivity index (χ0) is 24.6. The van der Waals surface area contributed by atoms with Crippen molar-refractivity contribution in [3.63, 3.8) is 0 Å². The molecule has 0 saturated carbocycles. The number of amides is 1. The van der Waals surface area contributed by atoms with Crippen LogP contribution < -0.4 is 19.5 Å². The lowest BCUT2D eigenvalue weighted by Crippen LogP contribution is -2.47. The van der Waals surface area contributed by atoms with Crippen molar-refractivity contribution in [1.82, 2.24) is 10.0 Å². The van der Waals surface area contributed by atoms with Crippen LogP contribution in [0.25, 0.3) is 0 Å². The molecule has 9 heteroatoms. The number of hydrogen-bond donors (Lipinski definition) is 2. The molecule has 0 aliphatic carbocycles. The van der Waals surface area contributed by atoms with Gasteiger partial charge in [0.1, 0.15) is 17.5 Å². The Morgan fingerprint density at radius 2 is 1.71 bits per heavy atom. The van der Waals surface area contributed by atoms with Crippen molar-refractivity contribution >= 4 is 27.5 Å². The van der Waals surface area contributed by atoms with Gasteiger partial charge in [-0.25, -0.2) is 8.42 Å². The standard InChI is InChI=1S/C25H27ClN2O5S/c1-3-33-24-14-13-20(16-21(24)26)34(30,31)28-22(15-18-9-5-4-6-10-18)25(29)27-17-19-11-7-8-12-23(19)32-2/h4-14,16,22,28H,3,15,17H2,1-2H3,(H,27,29)/t22-/m1/s1. The maximum atomic E-state index is 13.1. The molecule has 0 aromatic heterocycles. The Kier molecular flexibility index (Phi) is 8.92. The first kappa shape index (κ1) is 25.6. The molecule has 0 spiro atoms. The van der Waals surface area contributed by atoms with Gasteiger partial charge in [-0.1, -0.05) is 60.1 Å². The monoisotopic (exact) mass is 502 g/mol. The third-order valence-corrected chi connectivity index (χ3v) is 6.82. The van der Waals surface area contributed by atoms with E-state index >= 15 is 0 Å². The zero-order valence-electron chi connectivity index (χ0n) is 19.0. The lowest BCUT2D eigenvalue weighted by molar-refractivity contribution is -0.122. The van der Waals surface area contributed by atoms with Crippen molar-refractivity contribution in [2.45, 2.75) is 30.8 Å². The smallest absolute Gasteiger partial charge is 0.241 e. The van der Waals surface area contributed by atoms with Gasteiger partial charge < -0.3 is 14.8 Å². The Balaban J connectivity index is 1.82. The van der Waals surface area contributed by atoms with E-state index in [1.165, 1.54) is 18.2 Å². The van der Waals surface area contributed by atoms with Gasteiger partial charge in [0.25, 0.3) is 0 Å². The first-order chi connectivity index (χ1) is 16.3. The molecule has 1 atom stereocenters. The Morgan fingerprint density at radius 3 is 2.38 bits per heavy atom. The highest BCUT2D eigenvalue weighted by Gasteiger charge is 2.27. The summed E-state index contributed by atoms with van der Waals surface area (Å²) in [7, 11) is -2.50. The van der Waals surface area contributed by atoms with Gasteiger partial charge in [0.2, 0.25) is 15.9 Å². The molecule has 1 amide bonds. The van der Waals surface area contributed by atoms with Crippen molar-refractivity contribution < 1.29 is 22.7 Å². The third kappa shape index (κ3) is 6.72. The van der Waals surface area contributed by atoms with Crippen LogP contribution in [0.4, 0.5) is 0 Å². The molecule has 0 saturated heterocycles. The Hall–Kier alpha value is -3.07. The first-order valence-corrected chi connectivity index (χ1v) is 12.6. The van der Waals surface area contributed by atoms with Crippen molar-refractivity contribution in [3.05, 3.63) is 88.9 Å². The summed E-state index contributed by atoms with van der Waals surface area (Å²) in [6.45, 7) is 2.39. The van der Waals surface area contributed by atoms with E-state index in [0.717, 1.165) is 11.1 Å². The van der Waals surface area contributed by atoms with Crippen LogP contribution in [0.2, 0.25) is 5.02 Å². The molecule has 3 aromatic carbocycles. The summed E-state index contributed by atoms with van der Waals surface area (Å²) in [5.74, 6) is 0.556. The summed E-state index contributed by atoms with van der Waals surface area (Å²) >= 11 is 6.18. The summed E-state index contributed by atoms with van der Waals surface area (Å²) in [6.07, 6.45) is 0.169. The van der Waals surface area contributed by atoms with E-state index in [1.54, 1.807) is 20.1 Å². The van der Waals surface area contributed by atoms with Gasteiger partial charge in [-0.3, -0.25) is 4.79 Å². The van der Waals surface area contributed by atoms with E-state index in [4.69, 9.17) is 21.1 Å². The predicted octanol–water partition coefficient (Wildman–Crippen LogP) is 3.95. The van der Waals surface area contributed by atoms with Crippen molar-refractivity contribution in [3.8, 4) is 11.5 Å². The van der Waals surface area contributed by atoms with Gasteiger partial charge in [0, 0.05) is 12.1 Å². The number of nitrogens with one attached hydrogen (secondary N) is 2. The van der Waals surface area contributed by atoms with E-state index in [1.807, 2.05) is 48.5 Å². The fraction of sp³-hybridized carbons (Fsp3) is 0.240. The second-order valence-corrected chi connectivity index (χ2v) is 9.54. The highest BCUT2D eigenvalue weighted by atomic mass is 35.5. The summed E-state index contributed by atoms with van der Waals surface area (Å²) in [6, 6.07) is 19.6. The Morgan fingerprint density at radius 1 is 1.00 bits per heavy atom. The van der Waals surface area contributed by atoms with E-state index in [9.17, 15) is 13.2 Å². The lowest BCUT2D eigenvalue weighted by Gasteiger charge is -2.19. The minimum Gasteiger partial charge on any atom is -0.496 e. The fourth-order valence-corrected chi connectivity index (χ4v) is 4.89. The number of halogens is 1. The number of ether oxygens (including phenoxy) is 2. The van der Waals surface area contributed by atoms with Crippen LogP contribution in [0.15, 0.2) is 77.7 Å². The first-order valence-electron chi connectivity index (χ1n) is 10.7. The number of para-hydroxylation sites is 1. The van der Waals surface area contributed by atoms with E-state index in [-0.39, 0.29) is 22.9 Å². The second-order valence-electron chi connectivity index (χ2n) is 7.42. The maximum absolute atomic E-state index is 13.1. The number of carbonyl (C=O) groups excluding carboxylic acids is 1. The van der Waals surface area contributed by atoms with Gasteiger partial charge >= 0.3 is 0 Å². The van der Waals surface area contributed by atoms with E-state index < -0.39 is 22.0 Å². The molecule has 34 heavy (non-hydrogen) atoms. The number of hydrogen-bond acceptors (Lipinski definition) is 5. The van der Waals surface area contributed by atoms with Crippen LogP contribution in [0, 0.1) is 0 Å². The Bertz CT molecular complexity index is 1220. The maximum Gasteiger partial charge on any atom is 0.241 e. The highest BCUT2D eigenvalue weighted by molar-refractivity contribution is 7.89. The molecule has 0 radical (unpaired) electrons. The largest absolute Gasteiger partial charge is 0.496 e. The van der Waals surface area contributed by atoms with E-state index in [2.05, 4.69) is 10.0 Å². The third-order valence-electron chi connectivity index (χ3n) is 5.06. The summed E-state index contributed by atoms with van der Waals surface area (Å²) < 4.78 is 39.5. The van der Waals surface area contributed by atoms with Crippen molar-refractivity contribution in [1.29, 1.82) is 0 Å². The van der Waals surface area contributed by atoms with E-state index in [0.29, 0.717) is 18.1 Å². The van der Waals surface area contributed by atoms with Gasteiger partial charge in [-0.15, -0.1) is 0 Å². The number of sulfonamides is 1. The summed E-state index contributed by atoms with van der Waals surface area (Å²) in [4.78, 5) is 13.1. The van der Waals surface area contributed by atoms with Gasteiger partial charge in [0.05, 0.1) is 23.6 Å². The van der Waals surface area contributed by atoms with Crippen LogP contribution in [0.1, 0.15) is 18.1 Å². The molecule has 0 bridgehead atoms. The average molecular weight is 503 g/mol. The summed E-state index contributed by atoms with van der Waals surface area (Å²) in [5, 5.41) is 2.98. The number of rotatable bonds is 11. The highest BCUT2D eigenvalue weighted by Crippen LogP contribution is 2.27. The quantitative estimate of drug-likeness (QED) is 0.414. The molecule has 0 aliphatic heterocycles. The van der Waals surface area contributed by atoms with Gasteiger partial charge in [0.15, 0.2) is 0 Å². The molecule has 180 valence electrons. The zero-order valence-corrected chi connectivity index (χ0v) is 20.5. The van der Waals surface area contributed by atoms with Gasteiger partial charge in [-0.05, 0) is 43.2 Å². The SMILES string of the molecule is CCOc1ccc(S(=O)(=O)N[C@H](Cc2ccccc2)C(=O)NCc2ccccc2OC)cc1Cl. The predicted molar refractivity (Wildman–Crippen MR) is 132 cm³/mol. The van der Waals surface area contributed by atoms with Crippen molar-refractivity contribution in [2.75, 3.05) is 13.7 Å². The Labute approximate surface area is 205 Å². The molecule has 7 nitrogen and oxygen atoms in total. The molecule has 0 unspecified atom stereocenters. The molecule has 3 rings (SSSR count). The molecule has 2 N–H and O–H groups in total.